The largest absolute Gasteiger partial charge is 0.506 e. The van der Waals surface area contributed by atoms with Gasteiger partial charge in [0.2, 0.25) is 0 Å². The van der Waals surface area contributed by atoms with Crippen LogP contribution in [0.15, 0.2) is 30.3 Å². The smallest absolute Gasteiger partial charge is 0.152 e. The Hall–Kier alpha value is -1.09. The van der Waals surface area contributed by atoms with Gasteiger partial charge in [-0.2, -0.15) is 0 Å². The number of hydrogen-bond acceptors (Lipinski definition) is 2. The minimum Gasteiger partial charge on any atom is -0.506 e. The maximum Gasteiger partial charge on any atom is 0.152 e. The molecule has 0 heterocycles. The first-order valence-electron chi connectivity index (χ1n) is 8.07. The van der Waals surface area contributed by atoms with E-state index in [9.17, 15) is 10.2 Å². The van der Waals surface area contributed by atoms with E-state index in [-0.39, 0.29) is 27.0 Å². The highest BCUT2D eigenvalue weighted by atomic mass is 35.5. The monoisotopic (exact) mass is 384 g/mol. The van der Waals surface area contributed by atoms with Gasteiger partial charge >= 0.3 is 0 Å². The second-order valence-corrected chi connectivity index (χ2v) is 7.69. The highest BCUT2D eigenvalue weighted by Crippen LogP contribution is 2.62. The highest BCUT2D eigenvalue weighted by Gasteiger charge is 2.56. The predicted octanol–water partition coefficient (Wildman–Crippen LogP) is 6.55. The quantitative estimate of drug-likeness (QED) is 0.612. The molecule has 0 aliphatic heterocycles. The molecule has 2 nitrogen and oxygen atoms in total. The summed E-state index contributed by atoms with van der Waals surface area (Å²) in [5.74, 6) is 0.449. The first-order chi connectivity index (χ1) is 11.4. The molecule has 24 heavy (non-hydrogen) atoms. The molecule has 2 N–H and O–H groups in total. The van der Waals surface area contributed by atoms with E-state index < -0.39 is 0 Å². The zero-order valence-electron chi connectivity index (χ0n) is 13.3. The van der Waals surface area contributed by atoms with E-state index in [2.05, 4.69) is 6.92 Å². The topological polar surface area (TPSA) is 40.5 Å². The van der Waals surface area contributed by atoms with Crippen LogP contribution in [0.2, 0.25) is 15.1 Å². The van der Waals surface area contributed by atoms with Crippen LogP contribution in [0.5, 0.6) is 11.5 Å². The minimum atomic E-state index is -0.215. The Kier molecular flexibility index (Phi) is 4.92. The summed E-state index contributed by atoms with van der Waals surface area (Å²) in [6.45, 7) is 2.18. The van der Waals surface area contributed by atoms with Gasteiger partial charge in [0.15, 0.2) is 5.75 Å². The molecule has 0 saturated heterocycles. The van der Waals surface area contributed by atoms with Crippen molar-refractivity contribution >= 4 is 34.8 Å². The Bertz CT molecular complexity index is 752. The highest BCUT2D eigenvalue weighted by molar-refractivity contribution is 6.37. The molecule has 1 fully saturated rings. The van der Waals surface area contributed by atoms with Gasteiger partial charge in [-0.25, -0.2) is 0 Å². The zero-order chi connectivity index (χ0) is 17.5. The lowest BCUT2D eigenvalue weighted by atomic mass is 9.84. The lowest BCUT2D eigenvalue weighted by Gasteiger charge is -2.21. The average molecular weight is 386 g/mol. The number of unbranched alkanes of at least 4 members (excludes halogenated alkanes) is 1. The summed E-state index contributed by atoms with van der Waals surface area (Å²) in [5.41, 5.74) is 1.82. The number of phenols is 2. The van der Waals surface area contributed by atoms with E-state index in [4.69, 9.17) is 34.8 Å². The van der Waals surface area contributed by atoms with Crippen LogP contribution < -0.4 is 0 Å². The van der Waals surface area contributed by atoms with Crippen molar-refractivity contribution in [1.29, 1.82) is 0 Å². The molecule has 2 aromatic carbocycles. The van der Waals surface area contributed by atoms with Gasteiger partial charge in [0, 0.05) is 5.41 Å². The lowest BCUT2D eigenvalue weighted by molar-refractivity contribution is 0.475. The number of halogens is 3. The van der Waals surface area contributed by atoms with Gasteiger partial charge in [-0.1, -0.05) is 60.6 Å². The molecule has 1 aliphatic rings. The fraction of sp³-hybridized carbons (Fsp3) is 0.368. The molecule has 0 radical (unpaired) electrons. The van der Waals surface area contributed by atoms with E-state index in [0.29, 0.717) is 10.9 Å². The molecule has 3 rings (SSSR count). The molecule has 5 heteroatoms. The molecule has 2 atom stereocenters. The van der Waals surface area contributed by atoms with Gasteiger partial charge < -0.3 is 10.2 Å². The summed E-state index contributed by atoms with van der Waals surface area (Å²) in [4.78, 5) is 0. The molecule has 0 bridgehead atoms. The fourth-order valence-corrected chi connectivity index (χ4v) is 4.28. The third-order valence-corrected chi connectivity index (χ3v) is 5.89. The van der Waals surface area contributed by atoms with Gasteiger partial charge in [0.1, 0.15) is 5.75 Å². The van der Waals surface area contributed by atoms with Crippen LogP contribution in [-0.2, 0) is 5.41 Å². The normalized spacial score (nSPS) is 22.6. The Morgan fingerprint density at radius 3 is 2.21 bits per heavy atom. The van der Waals surface area contributed by atoms with Crippen LogP contribution in [0, 0.1) is 5.92 Å². The molecule has 0 amide bonds. The Balaban J connectivity index is 2.09. The number of phenolic OH excluding ortho intramolecular Hbond substituents is 2. The van der Waals surface area contributed by atoms with Gasteiger partial charge in [-0.3, -0.25) is 0 Å². The maximum absolute atomic E-state index is 9.86. The van der Waals surface area contributed by atoms with Gasteiger partial charge in [-0.15, -0.1) is 0 Å². The Morgan fingerprint density at radius 1 is 1.00 bits per heavy atom. The lowest BCUT2D eigenvalue weighted by Crippen LogP contribution is -2.13. The van der Waals surface area contributed by atoms with Crippen LogP contribution in [0.3, 0.4) is 0 Å². The molecule has 128 valence electrons. The van der Waals surface area contributed by atoms with E-state index in [1.165, 1.54) is 0 Å². The average Bonchev–Trinajstić information content (AvgIpc) is 3.28. The van der Waals surface area contributed by atoms with E-state index in [1.807, 2.05) is 12.1 Å². The fourth-order valence-electron chi connectivity index (χ4n) is 3.61. The summed E-state index contributed by atoms with van der Waals surface area (Å²) in [6, 6.07) is 8.92. The number of hydrogen-bond donors (Lipinski definition) is 2. The van der Waals surface area contributed by atoms with Crippen LogP contribution >= 0.6 is 34.8 Å². The summed E-state index contributed by atoms with van der Waals surface area (Å²) in [5, 5.41) is 20.4. The standard InChI is InChI=1S/C19H19Cl3O2/c1-2-3-4-12-10-19(12,11-5-6-17(23)14(20)7-11)13-8-15(21)18(24)16(22)9-13/h5-9,12,23-24H,2-4,10H2,1H3. The minimum absolute atomic E-state index is 0.0723. The third kappa shape index (κ3) is 2.96. The van der Waals surface area contributed by atoms with Crippen molar-refractivity contribution in [2.24, 2.45) is 5.92 Å². The van der Waals surface area contributed by atoms with Gasteiger partial charge in [0.05, 0.1) is 15.1 Å². The Labute approximate surface area is 157 Å². The van der Waals surface area contributed by atoms with Crippen LogP contribution in [0.1, 0.15) is 43.7 Å². The first kappa shape index (κ1) is 17.7. The molecular weight excluding hydrogens is 367 g/mol. The van der Waals surface area contributed by atoms with Crippen LogP contribution in [-0.4, -0.2) is 10.2 Å². The summed E-state index contributed by atoms with van der Waals surface area (Å²) >= 11 is 18.4. The number of rotatable bonds is 5. The number of benzene rings is 2. The molecule has 2 aromatic rings. The molecule has 1 aliphatic carbocycles. The predicted molar refractivity (Wildman–Crippen MR) is 99.7 cm³/mol. The Morgan fingerprint density at radius 2 is 1.62 bits per heavy atom. The van der Waals surface area contributed by atoms with Gasteiger partial charge in [-0.05, 0) is 54.2 Å². The molecule has 0 spiro atoms. The summed E-state index contributed by atoms with van der Waals surface area (Å²) in [7, 11) is 0. The SMILES string of the molecule is CCCCC1CC1(c1ccc(O)c(Cl)c1)c1cc(Cl)c(O)c(Cl)c1. The van der Waals surface area contributed by atoms with Crippen molar-refractivity contribution in [2.45, 2.75) is 38.0 Å². The first-order valence-corrected chi connectivity index (χ1v) is 9.21. The van der Waals surface area contributed by atoms with Crippen molar-refractivity contribution < 1.29 is 10.2 Å². The van der Waals surface area contributed by atoms with Crippen LogP contribution in [0.25, 0.3) is 0 Å². The second-order valence-electron chi connectivity index (χ2n) is 6.47. The molecule has 2 unspecified atom stereocenters. The van der Waals surface area contributed by atoms with Crippen molar-refractivity contribution in [3.63, 3.8) is 0 Å². The van der Waals surface area contributed by atoms with E-state index in [0.717, 1.165) is 36.8 Å². The van der Waals surface area contributed by atoms with Crippen molar-refractivity contribution in [3.05, 3.63) is 56.5 Å². The third-order valence-electron chi connectivity index (χ3n) is 5.01. The van der Waals surface area contributed by atoms with Crippen molar-refractivity contribution in [2.75, 3.05) is 0 Å². The molecular formula is C19H19Cl3O2. The van der Waals surface area contributed by atoms with Crippen LogP contribution in [0.4, 0.5) is 0 Å². The van der Waals surface area contributed by atoms with Crippen molar-refractivity contribution in [1.82, 2.24) is 0 Å². The zero-order valence-corrected chi connectivity index (χ0v) is 15.6. The molecule has 0 aromatic heterocycles. The second kappa shape index (κ2) is 6.67. The van der Waals surface area contributed by atoms with E-state index in [1.54, 1.807) is 18.2 Å². The van der Waals surface area contributed by atoms with Gasteiger partial charge in [0.25, 0.3) is 0 Å². The molecule has 1 saturated carbocycles. The maximum atomic E-state index is 9.86. The van der Waals surface area contributed by atoms with E-state index >= 15 is 0 Å². The summed E-state index contributed by atoms with van der Waals surface area (Å²) < 4.78 is 0. The number of aromatic hydroxyl groups is 2. The summed E-state index contributed by atoms with van der Waals surface area (Å²) in [6.07, 6.45) is 4.37. The van der Waals surface area contributed by atoms with Crippen molar-refractivity contribution in [3.8, 4) is 11.5 Å².